The second kappa shape index (κ2) is 9.33. The van der Waals surface area contributed by atoms with Crippen LogP contribution in [0.25, 0.3) is 5.65 Å². The highest BCUT2D eigenvalue weighted by Crippen LogP contribution is 2.48. The van der Waals surface area contributed by atoms with Gasteiger partial charge in [-0.15, -0.1) is 0 Å². The molecule has 0 unspecified atom stereocenters. The van der Waals surface area contributed by atoms with Crippen LogP contribution in [0.4, 0.5) is 11.5 Å². The Morgan fingerprint density at radius 1 is 1.15 bits per heavy atom. The van der Waals surface area contributed by atoms with Crippen LogP contribution in [0.2, 0.25) is 5.02 Å². The van der Waals surface area contributed by atoms with Crippen LogP contribution in [0.5, 0.6) is 0 Å². The molecule has 2 atom stereocenters. The van der Waals surface area contributed by atoms with Crippen LogP contribution >= 0.6 is 11.6 Å². The molecule has 8 nitrogen and oxygen atoms in total. The van der Waals surface area contributed by atoms with E-state index < -0.39 is 5.60 Å². The highest BCUT2D eigenvalue weighted by atomic mass is 35.5. The summed E-state index contributed by atoms with van der Waals surface area (Å²) in [6.45, 7) is 1.74. The fourth-order valence-corrected chi connectivity index (χ4v) is 6.07. The molecule has 1 aromatic carbocycles. The van der Waals surface area contributed by atoms with Gasteiger partial charge in [-0.25, -0.2) is 9.97 Å². The fourth-order valence-electron chi connectivity index (χ4n) is 5.87. The number of pyridine rings is 2. The van der Waals surface area contributed by atoms with E-state index in [2.05, 4.69) is 37.2 Å². The lowest BCUT2D eigenvalue weighted by Crippen LogP contribution is -2.57. The molecule has 4 aromatic rings. The summed E-state index contributed by atoms with van der Waals surface area (Å²) in [6, 6.07) is 13.6. The number of β-amino-alcohol motifs (C(OH)–C–C–N with tert-alkyl or cyclic N) is 1. The number of nitrogens with one attached hydrogen (secondary N) is 2. The Morgan fingerprint density at radius 2 is 2.00 bits per heavy atom. The molecule has 3 fully saturated rings. The number of likely N-dealkylation sites (tertiary alicyclic amines) is 1. The Hall–Kier alpha value is -3.46. The number of likely N-dealkylation sites (N-methyl/N-ethyl adjacent to an activating group) is 1. The first-order chi connectivity index (χ1) is 18.8. The largest absolute Gasteiger partial charge is 0.382 e. The normalized spacial score (nSPS) is 21.9. The predicted octanol–water partition coefficient (Wildman–Crippen LogP) is 4.75. The van der Waals surface area contributed by atoms with Crippen molar-refractivity contribution in [1.82, 2.24) is 19.3 Å². The van der Waals surface area contributed by atoms with E-state index in [0.29, 0.717) is 36.4 Å². The van der Waals surface area contributed by atoms with E-state index in [0.717, 1.165) is 34.6 Å². The maximum atomic E-state index is 12.8. The zero-order valence-corrected chi connectivity index (χ0v) is 22.5. The second-order valence-electron chi connectivity index (χ2n) is 11.4. The van der Waals surface area contributed by atoms with Gasteiger partial charge in [-0.05, 0) is 73.5 Å². The number of benzene rings is 1. The lowest BCUT2D eigenvalue weighted by Gasteiger charge is -2.44. The zero-order valence-electron chi connectivity index (χ0n) is 21.8. The van der Waals surface area contributed by atoms with Crippen LogP contribution < -0.4 is 10.6 Å². The molecule has 3 N–H and O–H groups in total. The third-order valence-corrected chi connectivity index (χ3v) is 8.36. The number of hydrogen-bond donors (Lipinski definition) is 3. The summed E-state index contributed by atoms with van der Waals surface area (Å²) in [5.74, 6) is 1.21. The number of imidazole rings is 1. The lowest BCUT2D eigenvalue weighted by molar-refractivity contribution is -0.117. The molecule has 3 aliphatic rings. The average molecular weight is 543 g/mol. The number of rotatable bonds is 8. The minimum atomic E-state index is -0.859. The van der Waals surface area contributed by atoms with Crippen LogP contribution in [0, 0.1) is 5.92 Å². The summed E-state index contributed by atoms with van der Waals surface area (Å²) in [4.78, 5) is 24.2. The van der Waals surface area contributed by atoms with E-state index in [1.165, 1.54) is 18.4 Å². The van der Waals surface area contributed by atoms with Gasteiger partial charge in [0.1, 0.15) is 17.1 Å². The van der Waals surface area contributed by atoms with E-state index in [-0.39, 0.29) is 17.7 Å². The van der Waals surface area contributed by atoms with Crippen molar-refractivity contribution in [2.45, 2.75) is 43.2 Å². The molecule has 2 saturated carbocycles. The zero-order chi connectivity index (χ0) is 26.7. The van der Waals surface area contributed by atoms with Crippen molar-refractivity contribution in [3.63, 3.8) is 0 Å². The van der Waals surface area contributed by atoms with Crippen LogP contribution in [0.3, 0.4) is 0 Å². The minimum Gasteiger partial charge on any atom is -0.382 e. The minimum absolute atomic E-state index is 0.0245. The van der Waals surface area contributed by atoms with Crippen molar-refractivity contribution < 1.29 is 9.90 Å². The van der Waals surface area contributed by atoms with Gasteiger partial charge >= 0.3 is 0 Å². The van der Waals surface area contributed by atoms with Crippen molar-refractivity contribution in [3.05, 3.63) is 88.5 Å². The molecule has 0 spiro atoms. The van der Waals surface area contributed by atoms with Crippen LogP contribution in [-0.4, -0.2) is 50.4 Å². The maximum absolute atomic E-state index is 12.8. The van der Waals surface area contributed by atoms with Gasteiger partial charge in [0.25, 0.3) is 0 Å². The van der Waals surface area contributed by atoms with Gasteiger partial charge in [0.05, 0.1) is 12.2 Å². The van der Waals surface area contributed by atoms with Crippen LogP contribution in [-0.2, 0) is 16.9 Å². The first-order valence-corrected chi connectivity index (χ1v) is 13.9. The third-order valence-electron chi connectivity index (χ3n) is 8.12. The molecular formula is C30H31ClN6O2. The highest BCUT2D eigenvalue weighted by molar-refractivity contribution is 6.30. The Bertz CT molecular complexity index is 1570. The Balaban J connectivity index is 1.04. The molecule has 3 aromatic heterocycles. The smallest absolute Gasteiger partial charge is 0.229 e. The van der Waals surface area contributed by atoms with E-state index in [4.69, 9.17) is 16.6 Å². The molecule has 9 heteroatoms. The summed E-state index contributed by atoms with van der Waals surface area (Å²) in [7, 11) is 2.02. The SMILES string of the molecule is CN1CC(O)(c2cc(C3CC3)cn3cc(CNc4ccnc(NC(=O)[C@H]5C[C@@H]5c5cccc(Cl)c5)c4)nc23)C1. The number of carbonyl (C=O) groups is 1. The van der Waals surface area contributed by atoms with Crippen LogP contribution in [0.1, 0.15) is 53.5 Å². The van der Waals surface area contributed by atoms with Crippen molar-refractivity contribution in [2.75, 3.05) is 30.8 Å². The van der Waals surface area contributed by atoms with E-state index in [1.54, 1.807) is 6.20 Å². The number of aromatic nitrogens is 3. The number of carbonyl (C=O) groups excluding carboxylic acids is 1. The van der Waals surface area contributed by atoms with Gasteiger partial charge in [-0.2, -0.15) is 0 Å². The average Bonchev–Trinajstić information content (AvgIpc) is 3.82. The van der Waals surface area contributed by atoms with Gasteiger partial charge in [-0.1, -0.05) is 23.7 Å². The lowest BCUT2D eigenvalue weighted by atomic mass is 9.86. The van der Waals surface area contributed by atoms with Gasteiger partial charge in [-0.3, -0.25) is 9.69 Å². The summed E-state index contributed by atoms with van der Waals surface area (Å²) < 4.78 is 2.07. The molecule has 200 valence electrons. The van der Waals surface area contributed by atoms with E-state index >= 15 is 0 Å². The van der Waals surface area contributed by atoms with Crippen LogP contribution in [0.15, 0.2) is 61.1 Å². The number of halogens is 1. The molecule has 39 heavy (non-hydrogen) atoms. The first kappa shape index (κ1) is 24.6. The number of fused-ring (bicyclic) bond motifs is 1. The van der Waals surface area contributed by atoms with E-state index in [9.17, 15) is 9.90 Å². The summed E-state index contributed by atoms with van der Waals surface area (Å²) in [5, 5.41) is 18.3. The molecular weight excluding hydrogens is 512 g/mol. The molecule has 1 aliphatic heterocycles. The highest BCUT2D eigenvalue weighted by Gasteiger charge is 2.44. The Kier molecular flexibility index (Phi) is 5.88. The first-order valence-electron chi connectivity index (χ1n) is 13.5. The second-order valence-corrected chi connectivity index (χ2v) is 11.8. The topological polar surface area (TPSA) is 94.8 Å². The summed E-state index contributed by atoms with van der Waals surface area (Å²) in [5.41, 5.74) is 4.97. The van der Waals surface area contributed by atoms with Crippen molar-refractivity contribution in [2.24, 2.45) is 5.92 Å². The van der Waals surface area contributed by atoms with Crippen molar-refractivity contribution in [1.29, 1.82) is 0 Å². The number of aliphatic hydroxyl groups is 1. The third kappa shape index (κ3) is 4.88. The molecule has 4 heterocycles. The van der Waals surface area contributed by atoms with Gasteiger partial charge in [0, 0.05) is 59.9 Å². The Labute approximate surface area is 232 Å². The molecule has 1 amide bonds. The van der Waals surface area contributed by atoms with Crippen molar-refractivity contribution in [3.8, 4) is 0 Å². The molecule has 1 saturated heterocycles. The predicted molar refractivity (Wildman–Crippen MR) is 151 cm³/mol. The van der Waals surface area contributed by atoms with Gasteiger partial charge < -0.3 is 20.1 Å². The maximum Gasteiger partial charge on any atom is 0.229 e. The monoisotopic (exact) mass is 542 g/mol. The Morgan fingerprint density at radius 3 is 2.77 bits per heavy atom. The molecule has 0 radical (unpaired) electrons. The fraction of sp³-hybridized carbons (Fsp3) is 0.367. The van der Waals surface area contributed by atoms with Crippen molar-refractivity contribution >= 4 is 34.7 Å². The van der Waals surface area contributed by atoms with E-state index in [1.807, 2.05) is 49.6 Å². The summed E-state index contributed by atoms with van der Waals surface area (Å²) in [6.07, 6.45) is 9.10. The number of nitrogens with zero attached hydrogens (tertiary/aromatic N) is 4. The number of anilines is 2. The quantitative estimate of drug-likeness (QED) is 0.297. The van der Waals surface area contributed by atoms with Gasteiger partial charge in [0.2, 0.25) is 5.91 Å². The standard InChI is InChI=1S/C30H31ClN6O2/c1-36-16-30(39,17-36)26-10-20(18-5-6-18)14-37-15-23(34-28(26)37)13-33-22-7-8-32-27(11-22)35-29(38)25-12-24(25)19-3-2-4-21(31)9-19/h2-4,7-11,14-15,18,24-25,39H,5-6,12-13,16-17H2,1H3,(H2,32,33,35,38)/t24-,25+/m1/s1. The number of amides is 1. The molecule has 0 bridgehead atoms. The molecule has 2 aliphatic carbocycles. The van der Waals surface area contributed by atoms with Gasteiger partial charge in [0.15, 0.2) is 0 Å². The number of hydrogen-bond acceptors (Lipinski definition) is 6. The summed E-state index contributed by atoms with van der Waals surface area (Å²) >= 11 is 6.12. The molecule has 7 rings (SSSR count).